The molecule has 0 aliphatic rings. The molecule has 22 heavy (non-hydrogen) atoms. The molecule has 0 bridgehead atoms. The first-order chi connectivity index (χ1) is 10.5. The number of nitrogens with one attached hydrogen (secondary N) is 1. The Morgan fingerprint density at radius 1 is 1.14 bits per heavy atom. The van der Waals surface area contributed by atoms with Gasteiger partial charge in [-0.05, 0) is 42.8 Å². The Morgan fingerprint density at radius 2 is 1.86 bits per heavy atom. The molecule has 0 heterocycles. The largest absolute Gasteiger partial charge is 0.324 e. The third kappa shape index (κ3) is 4.43. The van der Waals surface area contributed by atoms with Gasteiger partial charge in [-0.3, -0.25) is 9.59 Å². The van der Waals surface area contributed by atoms with Crippen molar-refractivity contribution in [1.29, 1.82) is 0 Å². The van der Waals surface area contributed by atoms with Crippen molar-refractivity contribution in [3.63, 3.8) is 0 Å². The lowest BCUT2D eigenvalue weighted by Gasteiger charge is -2.21. The summed E-state index contributed by atoms with van der Waals surface area (Å²) in [4.78, 5) is 25.5. The molecule has 0 aliphatic carbocycles. The van der Waals surface area contributed by atoms with E-state index in [1.807, 2.05) is 49.4 Å². The number of nitrogens with zero attached hydrogens (tertiary/aromatic N) is 1. The molecule has 0 radical (unpaired) electrons. The molecular formula is C17H17BrN2O2. The van der Waals surface area contributed by atoms with Crippen LogP contribution in [0.5, 0.6) is 0 Å². The van der Waals surface area contributed by atoms with Gasteiger partial charge in [-0.2, -0.15) is 0 Å². The topological polar surface area (TPSA) is 49.4 Å². The lowest BCUT2D eigenvalue weighted by Crippen LogP contribution is -2.36. The number of aryl methyl sites for hydroxylation is 1. The molecule has 0 saturated carbocycles. The molecule has 0 aromatic heterocycles. The van der Waals surface area contributed by atoms with Gasteiger partial charge < -0.3 is 10.2 Å². The van der Waals surface area contributed by atoms with Crippen molar-refractivity contribution >= 4 is 39.1 Å². The predicted octanol–water partition coefficient (Wildman–Crippen LogP) is 3.75. The molecular weight excluding hydrogens is 344 g/mol. The molecule has 5 heteroatoms. The Hall–Kier alpha value is -2.14. The Kier molecular flexibility index (Phi) is 5.33. The van der Waals surface area contributed by atoms with E-state index < -0.39 is 0 Å². The van der Waals surface area contributed by atoms with Crippen LogP contribution in [0.4, 0.5) is 11.4 Å². The van der Waals surface area contributed by atoms with Crippen molar-refractivity contribution in [2.45, 2.75) is 13.8 Å². The SMILES string of the molecule is CC(=O)N(CC(=O)Nc1cccc(Br)c1)c1cccc(C)c1. The minimum absolute atomic E-state index is 0.0225. The number of amides is 2. The van der Waals surface area contributed by atoms with Crippen LogP contribution in [0.15, 0.2) is 53.0 Å². The van der Waals surface area contributed by atoms with Gasteiger partial charge in [0.2, 0.25) is 11.8 Å². The van der Waals surface area contributed by atoms with Crippen LogP contribution in [0.25, 0.3) is 0 Å². The quantitative estimate of drug-likeness (QED) is 0.902. The molecule has 114 valence electrons. The molecule has 1 N–H and O–H groups in total. The second-order valence-electron chi connectivity index (χ2n) is 5.00. The standard InChI is InChI=1S/C17H17BrN2O2/c1-12-5-3-8-16(9-12)20(13(2)21)11-17(22)19-15-7-4-6-14(18)10-15/h3-10H,11H2,1-2H3,(H,19,22). The number of carbonyl (C=O) groups excluding carboxylic acids is 2. The highest BCUT2D eigenvalue weighted by Crippen LogP contribution is 2.18. The highest BCUT2D eigenvalue weighted by molar-refractivity contribution is 9.10. The normalized spacial score (nSPS) is 10.1. The molecule has 4 nitrogen and oxygen atoms in total. The summed E-state index contributed by atoms with van der Waals surface area (Å²) >= 11 is 3.35. The average Bonchev–Trinajstić information content (AvgIpc) is 2.44. The van der Waals surface area contributed by atoms with E-state index >= 15 is 0 Å². The maximum Gasteiger partial charge on any atom is 0.244 e. The lowest BCUT2D eigenvalue weighted by atomic mass is 10.2. The van der Waals surface area contributed by atoms with E-state index in [4.69, 9.17) is 0 Å². The smallest absolute Gasteiger partial charge is 0.244 e. The first-order valence-electron chi connectivity index (χ1n) is 6.86. The number of rotatable bonds is 4. The number of halogens is 1. The average molecular weight is 361 g/mol. The maximum absolute atomic E-state index is 12.2. The highest BCUT2D eigenvalue weighted by Gasteiger charge is 2.16. The van der Waals surface area contributed by atoms with E-state index in [2.05, 4.69) is 21.2 Å². The highest BCUT2D eigenvalue weighted by atomic mass is 79.9. The van der Waals surface area contributed by atoms with Crippen LogP contribution in [0, 0.1) is 6.92 Å². The zero-order chi connectivity index (χ0) is 16.1. The predicted molar refractivity (Wildman–Crippen MR) is 92.0 cm³/mol. The van der Waals surface area contributed by atoms with Crippen LogP contribution < -0.4 is 10.2 Å². The molecule has 0 aliphatic heterocycles. The van der Waals surface area contributed by atoms with Crippen molar-refractivity contribution in [2.75, 3.05) is 16.8 Å². The van der Waals surface area contributed by atoms with E-state index in [0.717, 1.165) is 15.7 Å². The minimum atomic E-state index is -0.241. The summed E-state index contributed by atoms with van der Waals surface area (Å²) in [5, 5.41) is 2.79. The van der Waals surface area contributed by atoms with Gasteiger partial charge >= 0.3 is 0 Å². The zero-order valence-corrected chi connectivity index (χ0v) is 14.1. The van der Waals surface area contributed by atoms with Crippen LogP contribution in [-0.2, 0) is 9.59 Å². The molecule has 0 saturated heterocycles. The van der Waals surface area contributed by atoms with Gasteiger partial charge in [-0.15, -0.1) is 0 Å². The van der Waals surface area contributed by atoms with Crippen molar-refractivity contribution in [1.82, 2.24) is 0 Å². The summed E-state index contributed by atoms with van der Waals surface area (Å²) in [6.07, 6.45) is 0. The van der Waals surface area contributed by atoms with Gasteiger partial charge in [0.25, 0.3) is 0 Å². The molecule has 2 rings (SSSR count). The first kappa shape index (κ1) is 16.2. The van der Waals surface area contributed by atoms with Gasteiger partial charge in [0.15, 0.2) is 0 Å². The van der Waals surface area contributed by atoms with E-state index in [9.17, 15) is 9.59 Å². The molecule has 2 aromatic rings. The fourth-order valence-electron chi connectivity index (χ4n) is 2.09. The Morgan fingerprint density at radius 3 is 2.50 bits per heavy atom. The van der Waals surface area contributed by atoms with Crippen molar-refractivity contribution in [3.05, 3.63) is 58.6 Å². The van der Waals surface area contributed by atoms with E-state index in [1.165, 1.54) is 11.8 Å². The van der Waals surface area contributed by atoms with Crippen molar-refractivity contribution < 1.29 is 9.59 Å². The first-order valence-corrected chi connectivity index (χ1v) is 7.65. The van der Waals surface area contributed by atoms with Crippen molar-refractivity contribution in [2.24, 2.45) is 0 Å². The van der Waals surface area contributed by atoms with Gasteiger partial charge in [0, 0.05) is 22.8 Å². The summed E-state index contributed by atoms with van der Waals surface area (Å²) in [6, 6.07) is 14.8. The van der Waals surface area contributed by atoms with Gasteiger partial charge in [0.1, 0.15) is 6.54 Å². The maximum atomic E-state index is 12.2. The second-order valence-corrected chi connectivity index (χ2v) is 5.92. The van der Waals surface area contributed by atoms with E-state index in [1.54, 1.807) is 6.07 Å². The Balaban J connectivity index is 2.11. The fourth-order valence-corrected chi connectivity index (χ4v) is 2.49. The Bertz CT molecular complexity index is 701. The fraction of sp³-hybridized carbons (Fsp3) is 0.176. The van der Waals surface area contributed by atoms with Gasteiger partial charge in [-0.25, -0.2) is 0 Å². The third-order valence-corrected chi connectivity index (χ3v) is 3.60. The summed E-state index contributed by atoms with van der Waals surface area (Å²) in [6.45, 7) is 3.38. The molecule has 2 aromatic carbocycles. The monoisotopic (exact) mass is 360 g/mol. The number of hydrogen-bond donors (Lipinski definition) is 1. The van der Waals surface area contributed by atoms with Gasteiger partial charge in [-0.1, -0.05) is 34.1 Å². The van der Waals surface area contributed by atoms with E-state index in [0.29, 0.717) is 5.69 Å². The van der Waals surface area contributed by atoms with Gasteiger partial charge in [0.05, 0.1) is 0 Å². The van der Waals surface area contributed by atoms with Crippen LogP contribution in [0.2, 0.25) is 0 Å². The third-order valence-electron chi connectivity index (χ3n) is 3.10. The Labute approximate surface area is 138 Å². The number of carbonyl (C=O) groups is 2. The van der Waals surface area contributed by atoms with Crippen molar-refractivity contribution in [3.8, 4) is 0 Å². The molecule has 0 spiro atoms. The second kappa shape index (κ2) is 7.22. The number of anilines is 2. The van der Waals surface area contributed by atoms with Crippen LogP contribution >= 0.6 is 15.9 Å². The number of benzene rings is 2. The molecule has 0 unspecified atom stereocenters. The van der Waals surface area contributed by atoms with E-state index in [-0.39, 0.29) is 18.4 Å². The molecule has 0 fully saturated rings. The summed E-state index contributed by atoms with van der Waals surface area (Å²) in [5.74, 6) is -0.412. The van der Waals surface area contributed by atoms with Crippen LogP contribution in [0.3, 0.4) is 0 Å². The van der Waals surface area contributed by atoms with Crippen LogP contribution in [0.1, 0.15) is 12.5 Å². The molecule has 2 amide bonds. The zero-order valence-electron chi connectivity index (χ0n) is 12.5. The summed E-state index contributed by atoms with van der Waals surface area (Å²) in [5.41, 5.74) is 2.44. The molecule has 0 atom stereocenters. The number of hydrogen-bond acceptors (Lipinski definition) is 2. The summed E-state index contributed by atoms with van der Waals surface area (Å²) in [7, 11) is 0. The van der Waals surface area contributed by atoms with Crippen LogP contribution in [-0.4, -0.2) is 18.4 Å². The minimum Gasteiger partial charge on any atom is -0.324 e. The summed E-state index contributed by atoms with van der Waals surface area (Å²) < 4.78 is 0.882. The lowest BCUT2D eigenvalue weighted by molar-refractivity contribution is -0.120.